The van der Waals surface area contributed by atoms with Gasteiger partial charge in [0.2, 0.25) is 11.8 Å². The fourth-order valence-electron chi connectivity index (χ4n) is 4.94. The maximum atomic E-state index is 13.4. The van der Waals surface area contributed by atoms with E-state index in [9.17, 15) is 9.59 Å². The molecule has 5 rings (SSSR count). The van der Waals surface area contributed by atoms with Gasteiger partial charge in [-0.3, -0.25) is 9.59 Å². The highest BCUT2D eigenvalue weighted by Crippen LogP contribution is 2.36. The van der Waals surface area contributed by atoms with E-state index in [1.807, 2.05) is 11.0 Å². The Balaban J connectivity index is 1.31. The number of amides is 2. The lowest BCUT2D eigenvalue weighted by Crippen LogP contribution is -2.46. The van der Waals surface area contributed by atoms with Gasteiger partial charge in [-0.05, 0) is 42.4 Å². The highest BCUT2D eigenvalue weighted by molar-refractivity contribution is 5.82. The third-order valence-corrected chi connectivity index (χ3v) is 6.79. The van der Waals surface area contributed by atoms with Gasteiger partial charge in [-0.15, -0.1) is 0 Å². The summed E-state index contributed by atoms with van der Waals surface area (Å²) in [5.74, 6) is 1.11. The van der Waals surface area contributed by atoms with Crippen LogP contribution in [-0.4, -0.2) is 41.2 Å². The number of nitrogens with zero attached hydrogens (tertiary/aromatic N) is 2. The Hall–Kier alpha value is -2.62. The van der Waals surface area contributed by atoms with Gasteiger partial charge in [0.05, 0.1) is 0 Å². The van der Waals surface area contributed by atoms with Crippen LogP contribution in [-0.2, 0) is 16.1 Å². The summed E-state index contributed by atoms with van der Waals surface area (Å²) in [5.41, 5.74) is 3.86. The zero-order valence-electron chi connectivity index (χ0n) is 16.8. The minimum Gasteiger partial charge on any atom is -0.342 e. The average Bonchev–Trinajstić information content (AvgIpc) is 3.63. The summed E-state index contributed by atoms with van der Waals surface area (Å²) in [6.07, 6.45) is 3.69. The Morgan fingerprint density at radius 3 is 2.07 bits per heavy atom. The molecule has 2 fully saturated rings. The van der Waals surface area contributed by atoms with Crippen molar-refractivity contribution in [2.24, 2.45) is 11.8 Å². The van der Waals surface area contributed by atoms with Gasteiger partial charge in [-0.1, -0.05) is 54.6 Å². The smallest absolute Gasteiger partial charge is 0.226 e. The van der Waals surface area contributed by atoms with Gasteiger partial charge < -0.3 is 9.80 Å². The minimum absolute atomic E-state index is 0.0416. The summed E-state index contributed by atoms with van der Waals surface area (Å²) in [7, 11) is 0. The number of benzene rings is 2. The lowest BCUT2D eigenvalue weighted by molar-refractivity contribution is -0.142. The van der Waals surface area contributed by atoms with Crippen molar-refractivity contribution in [3.8, 4) is 0 Å². The van der Waals surface area contributed by atoms with Gasteiger partial charge in [-0.2, -0.15) is 0 Å². The molecular weight excluding hydrogens is 360 g/mol. The van der Waals surface area contributed by atoms with Crippen LogP contribution in [0.1, 0.15) is 48.3 Å². The molecular formula is C25H28N2O2. The van der Waals surface area contributed by atoms with Gasteiger partial charge >= 0.3 is 0 Å². The lowest BCUT2D eigenvalue weighted by Gasteiger charge is -2.39. The number of carbonyl (C=O) groups excluding carboxylic acids is 2. The molecule has 0 N–H and O–H groups in total. The van der Waals surface area contributed by atoms with Crippen LogP contribution in [0.25, 0.3) is 0 Å². The van der Waals surface area contributed by atoms with Crippen molar-refractivity contribution in [3.63, 3.8) is 0 Å². The highest BCUT2D eigenvalue weighted by atomic mass is 16.2. The van der Waals surface area contributed by atoms with E-state index in [0.717, 1.165) is 45.3 Å². The van der Waals surface area contributed by atoms with Crippen molar-refractivity contribution >= 4 is 11.8 Å². The van der Waals surface area contributed by atoms with Gasteiger partial charge in [0, 0.05) is 43.9 Å². The molecule has 0 bridgehead atoms. The summed E-state index contributed by atoms with van der Waals surface area (Å²) in [5, 5.41) is 0. The first-order chi connectivity index (χ1) is 14.2. The third-order valence-electron chi connectivity index (χ3n) is 6.79. The molecule has 1 saturated carbocycles. The van der Waals surface area contributed by atoms with Crippen molar-refractivity contribution in [2.75, 3.05) is 19.6 Å². The van der Waals surface area contributed by atoms with E-state index in [4.69, 9.17) is 0 Å². The molecule has 3 aliphatic rings. The van der Waals surface area contributed by atoms with Crippen molar-refractivity contribution < 1.29 is 9.59 Å². The second kappa shape index (κ2) is 7.66. The molecule has 0 unspecified atom stereocenters. The lowest BCUT2D eigenvalue weighted by atomic mass is 9.83. The normalized spacial score (nSPS) is 22.3. The van der Waals surface area contributed by atoms with Crippen molar-refractivity contribution in [2.45, 2.75) is 38.1 Å². The van der Waals surface area contributed by atoms with Crippen LogP contribution in [0.4, 0.5) is 0 Å². The second-order valence-electron chi connectivity index (χ2n) is 8.75. The highest BCUT2D eigenvalue weighted by Gasteiger charge is 2.38. The SMILES string of the molecule is O=C(C1CC1)N1CCC(C(=O)N2Cc3ccccc3[C@@H](c3ccccc3)C2)CC1. The van der Waals surface area contributed by atoms with E-state index in [-0.39, 0.29) is 23.7 Å². The van der Waals surface area contributed by atoms with Crippen molar-refractivity contribution in [1.82, 2.24) is 9.80 Å². The van der Waals surface area contributed by atoms with Gasteiger partial charge in [0.25, 0.3) is 0 Å². The molecule has 1 aliphatic carbocycles. The number of likely N-dealkylation sites (tertiary alicyclic amines) is 1. The molecule has 2 aromatic carbocycles. The largest absolute Gasteiger partial charge is 0.342 e. The summed E-state index contributed by atoms with van der Waals surface area (Å²) in [6, 6.07) is 19.0. The average molecular weight is 389 g/mol. The molecule has 4 nitrogen and oxygen atoms in total. The van der Waals surface area contributed by atoms with E-state index in [0.29, 0.717) is 12.5 Å². The van der Waals surface area contributed by atoms with Crippen molar-refractivity contribution in [3.05, 3.63) is 71.3 Å². The fourth-order valence-corrected chi connectivity index (χ4v) is 4.94. The number of hydrogen-bond donors (Lipinski definition) is 0. The summed E-state index contributed by atoms with van der Waals surface area (Å²) < 4.78 is 0. The minimum atomic E-state index is 0.0416. The van der Waals surface area contributed by atoms with Crippen LogP contribution in [0.5, 0.6) is 0 Å². The molecule has 29 heavy (non-hydrogen) atoms. The van der Waals surface area contributed by atoms with Gasteiger partial charge in [-0.25, -0.2) is 0 Å². The molecule has 2 amide bonds. The Morgan fingerprint density at radius 2 is 1.34 bits per heavy atom. The Bertz CT molecular complexity index is 898. The first-order valence-corrected chi connectivity index (χ1v) is 10.9. The van der Waals surface area contributed by atoms with Crippen LogP contribution in [0, 0.1) is 11.8 Å². The number of hydrogen-bond acceptors (Lipinski definition) is 2. The summed E-state index contributed by atoms with van der Waals surface area (Å²) in [6.45, 7) is 2.90. The summed E-state index contributed by atoms with van der Waals surface area (Å²) in [4.78, 5) is 29.7. The first-order valence-electron chi connectivity index (χ1n) is 10.9. The Labute approximate surface area is 172 Å². The van der Waals surface area contributed by atoms with Crippen LogP contribution < -0.4 is 0 Å². The van der Waals surface area contributed by atoms with E-state index < -0.39 is 0 Å². The maximum absolute atomic E-state index is 13.4. The Kier molecular flexibility index (Phi) is 4.86. The molecule has 0 spiro atoms. The molecule has 1 saturated heterocycles. The molecule has 2 heterocycles. The molecule has 4 heteroatoms. The van der Waals surface area contributed by atoms with E-state index >= 15 is 0 Å². The van der Waals surface area contributed by atoms with Crippen LogP contribution in [0.3, 0.4) is 0 Å². The molecule has 1 atom stereocenters. The first kappa shape index (κ1) is 18.4. The van der Waals surface area contributed by atoms with Crippen molar-refractivity contribution in [1.29, 1.82) is 0 Å². The predicted octanol–water partition coefficient (Wildman–Crippen LogP) is 3.81. The van der Waals surface area contributed by atoms with Crippen LogP contribution in [0.2, 0.25) is 0 Å². The fraction of sp³-hybridized carbons (Fsp3) is 0.440. The second-order valence-corrected chi connectivity index (χ2v) is 8.75. The number of piperidine rings is 1. The summed E-state index contributed by atoms with van der Waals surface area (Å²) >= 11 is 0. The molecule has 2 aromatic rings. The van der Waals surface area contributed by atoms with E-state index in [2.05, 4.69) is 53.4 Å². The quantitative estimate of drug-likeness (QED) is 0.802. The third kappa shape index (κ3) is 3.68. The van der Waals surface area contributed by atoms with E-state index in [1.165, 1.54) is 16.7 Å². The zero-order chi connectivity index (χ0) is 19.8. The van der Waals surface area contributed by atoms with Gasteiger partial charge in [0.15, 0.2) is 0 Å². The molecule has 0 radical (unpaired) electrons. The zero-order valence-corrected chi connectivity index (χ0v) is 16.8. The number of carbonyl (C=O) groups is 2. The van der Waals surface area contributed by atoms with Crippen LogP contribution >= 0.6 is 0 Å². The van der Waals surface area contributed by atoms with E-state index in [1.54, 1.807) is 0 Å². The predicted molar refractivity (Wildman–Crippen MR) is 112 cm³/mol. The molecule has 150 valence electrons. The van der Waals surface area contributed by atoms with Crippen LogP contribution in [0.15, 0.2) is 54.6 Å². The standard InChI is InChI=1S/C25H28N2O2/c28-24(19-10-11-19)26-14-12-20(13-15-26)25(29)27-16-21-8-4-5-9-22(21)23(17-27)18-6-2-1-3-7-18/h1-9,19-20,23H,10-17H2/t23-/m1/s1. The topological polar surface area (TPSA) is 40.6 Å². The number of rotatable bonds is 3. The van der Waals surface area contributed by atoms with Gasteiger partial charge in [0.1, 0.15) is 0 Å². The molecule has 2 aliphatic heterocycles. The number of fused-ring (bicyclic) bond motifs is 1. The monoisotopic (exact) mass is 388 g/mol. The maximum Gasteiger partial charge on any atom is 0.226 e. The molecule has 0 aromatic heterocycles. The Morgan fingerprint density at radius 1 is 0.724 bits per heavy atom.